The lowest BCUT2D eigenvalue weighted by Gasteiger charge is -2.27. The van der Waals surface area contributed by atoms with E-state index in [0.717, 1.165) is 25.7 Å². The number of nitrogens with zero attached hydrogens (tertiary/aromatic N) is 2. The number of amides is 1. The molecule has 1 aromatic heterocycles. The number of anilines is 2. The largest absolute Gasteiger partial charge is 0.352 e. The van der Waals surface area contributed by atoms with Gasteiger partial charge in [0.05, 0.1) is 30.1 Å². The molecule has 0 bridgehead atoms. The number of carbonyl (C=O) groups is 1. The van der Waals surface area contributed by atoms with E-state index in [1.54, 1.807) is 16.7 Å². The number of hydrogen-bond acceptors (Lipinski definition) is 4. The zero-order chi connectivity index (χ0) is 19.8. The Balaban J connectivity index is 1.83. The summed E-state index contributed by atoms with van der Waals surface area (Å²) >= 11 is 3.23. The van der Waals surface area contributed by atoms with E-state index >= 15 is 0 Å². The van der Waals surface area contributed by atoms with E-state index in [-0.39, 0.29) is 23.2 Å². The Morgan fingerprint density at radius 3 is 2.75 bits per heavy atom. The first-order chi connectivity index (χ1) is 13.5. The van der Waals surface area contributed by atoms with Gasteiger partial charge in [-0.1, -0.05) is 15.9 Å². The van der Waals surface area contributed by atoms with Gasteiger partial charge in [-0.15, -0.1) is 0 Å². The topological polar surface area (TPSA) is 63.6 Å². The molecule has 1 N–H and O–H groups in total. The molecule has 1 aromatic carbocycles. The highest BCUT2D eigenvalue weighted by Crippen LogP contribution is 2.33. The summed E-state index contributed by atoms with van der Waals surface area (Å²) in [5.41, 5.74) is 1.39. The number of nitrogens with one attached hydrogen (secondary N) is 1. The van der Waals surface area contributed by atoms with E-state index in [9.17, 15) is 14.0 Å². The number of rotatable bonds is 5. The van der Waals surface area contributed by atoms with Gasteiger partial charge in [0.25, 0.3) is 11.5 Å². The summed E-state index contributed by atoms with van der Waals surface area (Å²) in [6.07, 6.45) is 4.19. The molecule has 1 saturated carbocycles. The lowest BCUT2D eigenvalue weighted by atomic mass is 10.0. The fourth-order valence-corrected chi connectivity index (χ4v) is 3.99. The molecule has 1 amide bonds. The van der Waals surface area contributed by atoms with Gasteiger partial charge >= 0.3 is 0 Å². The van der Waals surface area contributed by atoms with Crippen molar-refractivity contribution >= 4 is 33.2 Å². The summed E-state index contributed by atoms with van der Waals surface area (Å²) in [6.45, 7) is 0.581. The third-order valence-electron chi connectivity index (χ3n) is 5.15. The Morgan fingerprint density at radius 1 is 1.29 bits per heavy atom. The molecule has 0 spiro atoms. The summed E-state index contributed by atoms with van der Waals surface area (Å²) in [5, 5.41) is 4.34. The van der Waals surface area contributed by atoms with Gasteiger partial charge in [0.15, 0.2) is 0 Å². The molecular weight excluding hydrogens is 429 g/mol. The fourth-order valence-electron chi connectivity index (χ4n) is 3.65. The fraction of sp³-hybridized carbons (Fsp3) is 0.400. The third kappa shape index (κ3) is 3.58. The van der Waals surface area contributed by atoms with Crippen LogP contribution in [0, 0.1) is 5.82 Å². The van der Waals surface area contributed by atoms with Crippen molar-refractivity contribution < 1.29 is 14.0 Å². The lowest BCUT2D eigenvalue weighted by molar-refractivity contribution is -0.102. The van der Waals surface area contributed by atoms with Gasteiger partial charge in [0.1, 0.15) is 5.82 Å². The highest BCUT2D eigenvalue weighted by atomic mass is 79.9. The number of aromatic nitrogens is 1. The molecule has 148 valence electrons. The van der Waals surface area contributed by atoms with Crippen molar-refractivity contribution in [2.45, 2.75) is 44.7 Å². The number of benzene rings is 1. The lowest BCUT2D eigenvalue weighted by Crippen LogP contribution is -2.37. The van der Waals surface area contributed by atoms with Crippen molar-refractivity contribution in [3.8, 4) is 0 Å². The maximum absolute atomic E-state index is 14.4. The predicted molar refractivity (Wildman–Crippen MR) is 107 cm³/mol. The molecule has 6 nitrogen and oxygen atoms in total. The predicted octanol–water partition coefficient (Wildman–Crippen LogP) is 4.00. The number of fused-ring (bicyclic) bond motifs is 1. The minimum absolute atomic E-state index is 0.0472. The molecule has 2 heterocycles. The van der Waals surface area contributed by atoms with Gasteiger partial charge in [-0.05, 0) is 50.3 Å². The SMILES string of the molecule is CON(C(=O)c1c(Nc2ccc(Br)cc2F)cc(=O)n2c1CCCC2)C1CC1. The highest BCUT2D eigenvalue weighted by molar-refractivity contribution is 9.10. The first-order valence-corrected chi connectivity index (χ1v) is 10.2. The van der Waals surface area contributed by atoms with Crippen LogP contribution in [0.15, 0.2) is 33.5 Å². The van der Waals surface area contributed by atoms with Crippen LogP contribution in [0.4, 0.5) is 15.8 Å². The standard InChI is InChI=1S/C20H21BrFN3O3/c1-28-25(13-6-7-13)20(27)19-16(23-15-8-5-12(21)10-14(15)22)11-18(26)24-9-3-2-4-17(19)24/h5,8,10-11,13,23H,2-4,6-7,9H2,1H3. The first-order valence-electron chi connectivity index (χ1n) is 9.36. The van der Waals surface area contributed by atoms with Crippen molar-refractivity contribution in [1.29, 1.82) is 0 Å². The second-order valence-electron chi connectivity index (χ2n) is 7.12. The summed E-state index contributed by atoms with van der Waals surface area (Å²) in [4.78, 5) is 31.3. The quantitative estimate of drug-likeness (QED) is 0.700. The Kier molecular flexibility index (Phi) is 5.25. The average Bonchev–Trinajstić information content (AvgIpc) is 3.50. The Bertz CT molecular complexity index is 987. The van der Waals surface area contributed by atoms with Gasteiger partial charge in [-0.25, -0.2) is 9.45 Å². The number of pyridine rings is 1. The summed E-state index contributed by atoms with van der Waals surface area (Å²) in [6, 6.07) is 6.03. The molecule has 0 atom stereocenters. The highest BCUT2D eigenvalue weighted by Gasteiger charge is 2.36. The number of carbonyl (C=O) groups excluding carboxylic acids is 1. The van der Waals surface area contributed by atoms with E-state index in [4.69, 9.17) is 4.84 Å². The molecule has 1 fully saturated rings. The van der Waals surface area contributed by atoms with Crippen LogP contribution in [0.25, 0.3) is 0 Å². The molecule has 0 saturated heterocycles. The van der Waals surface area contributed by atoms with Crippen LogP contribution in [0.5, 0.6) is 0 Å². The second kappa shape index (κ2) is 7.67. The van der Waals surface area contributed by atoms with Gasteiger partial charge < -0.3 is 9.88 Å². The molecule has 0 radical (unpaired) electrons. The summed E-state index contributed by atoms with van der Waals surface area (Å²) in [5.74, 6) is -0.771. The van der Waals surface area contributed by atoms with Crippen molar-refractivity contribution in [2.75, 3.05) is 12.4 Å². The number of hydrogen-bond donors (Lipinski definition) is 1. The van der Waals surface area contributed by atoms with E-state index in [2.05, 4.69) is 21.2 Å². The van der Waals surface area contributed by atoms with Crippen LogP contribution in [0.1, 0.15) is 41.7 Å². The Labute approximate surface area is 170 Å². The summed E-state index contributed by atoms with van der Waals surface area (Å²) in [7, 11) is 1.47. The minimum Gasteiger partial charge on any atom is -0.352 e. The molecule has 0 unspecified atom stereocenters. The van der Waals surface area contributed by atoms with Crippen LogP contribution >= 0.6 is 15.9 Å². The molecule has 1 aliphatic carbocycles. The zero-order valence-corrected chi connectivity index (χ0v) is 17.1. The first kappa shape index (κ1) is 19.1. The normalized spacial score (nSPS) is 15.8. The van der Waals surface area contributed by atoms with E-state index in [0.29, 0.717) is 34.4 Å². The van der Waals surface area contributed by atoms with Crippen LogP contribution in [-0.2, 0) is 17.8 Å². The number of halogens is 2. The van der Waals surface area contributed by atoms with Gasteiger partial charge in [-0.3, -0.25) is 14.4 Å². The van der Waals surface area contributed by atoms with Gasteiger partial charge in [0, 0.05) is 22.8 Å². The van der Waals surface area contributed by atoms with Crippen molar-refractivity contribution in [2.24, 2.45) is 0 Å². The molecular formula is C20H21BrFN3O3. The summed E-state index contributed by atoms with van der Waals surface area (Å²) < 4.78 is 16.6. The molecule has 2 aliphatic rings. The third-order valence-corrected chi connectivity index (χ3v) is 5.65. The van der Waals surface area contributed by atoms with Crippen molar-refractivity contribution in [1.82, 2.24) is 9.63 Å². The van der Waals surface area contributed by atoms with E-state index in [1.807, 2.05) is 0 Å². The average molecular weight is 450 g/mol. The van der Waals surface area contributed by atoms with Crippen LogP contribution in [0.3, 0.4) is 0 Å². The molecule has 1 aliphatic heterocycles. The Hall–Kier alpha value is -2.19. The van der Waals surface area contributed by atoms with E-state index in [1.165, 1.54) is 24.3 Å². The maximum Gasteiger partial charge on any atom is 0.281 e. The van der Waals surface area contributed by atoms with Gasteiger partial charge in [0.2, 0.25) is 0 Å². The minimum atomic E-state index is -0.476. The molecule has 28 heavy (non-hydrogen) atoms. The zero-order valence-electron chi connectivity index (χ0n) is 15.5. The van der Waals surface area contributed by atoms with Crippen molar-refractivity contribution in [3.63, 3.8) is 0 Å². The smallest absolute Gasteiger partial charge is 0.281 e. The molecule has 2 aromatic rings. The van der Waals surface area contributed by atoms with Crippen LogP contribution in [-0.4, -0.2) is 28.7 Å². The van der Waals surface area contributed by atoms with Crippen LogP contribution < -0.4 is 10.9 Å². The molecule has 8 heteroatoms. The monoisotopic (exact) mass is 449 g/mol. The maximum atomic E-state index is 14.4. The van der Waals surface area contributed by atoms with E-state index < -0.39 is 5.82 Å². The number of hydroxylamine groups is 2. The van der Waals surface area contributed by atoms with Gasteiger partial charge in [-0.2, -0.15) is 0 Å². The molecule has 4 rings (SSSR count). The second-order valence-corrected chi connectivity index (χ2v) is 8.04. The van der Waals surface area contributed by atoms with Crippen LogP contribution in [0.2, 0.25) is 0 Å². The Morgan fingerprint density at radius 2 is 2.07 bits per heavy atom. The van der Waals surface area contributed by atoms with Crippen molar-refractivity contribution in [3.05, 3.63) is 56.2 Å².